The summed E-state index contributed by atoms with van der Waals surface area (Å²) in [6.07, 6.45) is 5.93. The molecule has 2 amide bonds. The van der Waals surface area contributed by atoms with Crippen molar-refractivity contribution >= 4 is 45.5 Å². The van der Waals surface area contributed by atoms with Crippen molar-refractivity contribution in [1.82, 2.24) is 9.80 Å². The Labute approximate surface area is 244 Å². The lowest BCUT2D eigenvalue weighted by atomic mass is 9.71. The molecule has 212 valence electrons. The Hall–Kier alpha value is -2.10. The molecule has 3 aliphatic heterocycles. The second-order valence-corrected chi connectivity index (χ2v) is 13.5. The van der Waals surface area contributed by atoms with Gasteiger partial charge in [0, 0.05) is 22.7 Å². The second kappa shape index (κ2) is 12.6. The highest BCUT2D eigenvalue weighted by molar-refractivity contribution is 9.09. The number of halogens is 1. The highest BCUT2D eigenvalue weighted by Gasteiger charge is 2.76. The number of aliphatic hydroxyl groups excluding tert-OH is 1. The van der Waals surface area contributed by atoms with Crippen LogP contribution in [0.4, 0.5) is 0 Å². The molecule has 3 fully saturated rings. The monoisotopic (exact) mass is 618 g/mol. The summed E-state index contributed by atoms with van der Waals surface area (Å²) in [7, 11) is 0. The van der Waals surface area contributed by atoms with Crippen LogP contribution in [0.5, 0.6) is 0 Å². The van der Waals surface area contributed by atoms with E-state index in [0.717, 1.165) is 18.4 Å². The van der Waals surface area contributed by atoms with Crippen LogP contribution in [0.25, 0.3) is 0 Å². The number of alkyl halides is 1. The maximum Gasteiger partial charge on any atom is 0.311 e. The minimum absolute atomic E-state index is 0.0497. The lowest BCUT2D eigenvalue weighted by molar-refractivity contribution is -0.153. The Morgan fingerprint density at radius 1 is 1.31 bits per heavy atom. The minimum atomic E-state index is -0.817. The highest BCUT2D eigenvalue weighted by atomic mass is 79.9. The first-order valence-electron chi connectivity index (χ1n) is 13.7. The fourth-order valence-electron chi connectivity index (χ4n) is 6.74. The van der Waals surface area contributed by atoms with Crippen molar-refractivity contribution in [2.45, 2.75) is 72.5 Å². The Kier molecular flexibility index (Phi) is 9.65. The number of ether oxygens (including phenoxy) is 1. The molecule has 0 aromatic heterocycles. The van der Waals surface area contributed by atoms with Crippen molar-refractivity contribution in [2.24, 2.45) is 11.8 Å². The number of amides is 2. The van der Waals surface area contributed by atoms with E-state index in [-0.39, 0.29) is 41.1 Å². The summed E-state index contributed by atoms with van der Waals surface area (Å²) < 4.78 is 4.67. The van der Waals surface area contributed by atoms with E-state index in [1.54, 1.807) is 22.7 Å². The molecule has 3 heterocycles. The van der Waals surface area contributed by atoms with Gasteiger partial charge in [-0.05, 0) is 31.7 Å². The van der Waals surface area contributed by atoms with Gasteiger partial charge in [0.1, 0.15) is 12.6 Å². The van der Waals surface area contributed by atoms with Crippen molar-refractivity contribution in [3.8, 4) is 0 Å². The normalized spacial score (nSPS) is 30.5. The van der Waals surface area contributed by atoms with Gasteiger partial charge in [-0.2, -0.15) is 0 Å². The third-order valence-corrected chi connectivity index (χ3v) is 11.6. The molecule has 9 heteroatoms. The van der Waals surface area contributed by atoms with Gasteiger partial charge in [-0.3, -0.25) is 14.4 Å². The summed E-state index contributed by atoms with van der Waals surface area (Å²) in [5.74, 6) is -2.22. The van der Waals surface area contributed by atoms with E-state index in [1.165, 1.54) is 6.08 Å². The molecule has 7 nitrogen and oxygen atoms in total. The molecular weight excluding hydrogens is 580 g/mol. The zero-order valence-corrected chi connectivity index (χ0v) is 25.1. The van der Waals surface area contributed by atoms with Gasteiger partial charge >= 0.3 is 5.97 Å². The predicted octanol–water partition coefficient (Wildman–Crippen LogP) is 3.99. The number of likely N-dealkylation sites (tertiary alicyclic amines) is 1. The third-order valence-electron chi connectivity index (χ3n) is 8.34. The molecule has 0 aliphatic carbocycles. The van der Waals surface area contributed by atoms with Crippen LogP contribution in [0.2, 0.25) is 0 Å². The molecule has 1 spiro atoms. The van der Waals surface area contributed by atoms with Crippen molar-refractivity contribution in [1.29, 1.82) is 0 Å². The van der Waals surface area contributed by atoms with E-state index in [1.807, 2.05) is 42.2 Å². The van der Waals surface area contributed by atoms with E-state index in [4.69, 9.17) is 4.74 Å². The lowest BCUT2D eigenvalue weighted by Crippen LogP contribution is -2.59. The number of hydrogen-bond donors (Lipinski definition) is 1. The number of benzene rings is 1. The van der Waals surface area contributed by atoms with Crippen LogP contribution in [0.15, 0.2) is 55.6 Å². The van der Waals surface area contributed by atoms with Gasteiger partial charge in [0.25, 0.3) is 0 Å². The predicted molar refractivity (Wildman–Crippen MR) is 158 cm³/mol. The summed E-state index contributed by atoms with van der Waals surface area (Å²) in [6.45, 7) is 11.8. The zero-order valence-electron chi connectivity index (χ0n) is 22.7. The van der Waals surface area contributed by atoms with Crippen LogP contribution in [0.1, 0.15) is 38.7 Å². The molecule has 39 heavy (non-hydrogen) atoms. The van der Waals surface area contributed by atoms with Crippen LogP contribution >= 0.6 is 27.7 Å². The quantitative estimate of drug-likeness (QED) is 0.204. The Morgan fingerprint density at radius 3 is 2.64 bits per heavy atom. The molecular formula is C30H39BrN2O5S. The first kappa shape index (κ1) is 29.9. The van der Waals surface area contributed by atoms with Crippen molar-refractivity contribution in [2.75, 3.05) is 19.8 Å². The number of rotatable bonds is 13. The first-order chi connectivity index (χ1) is 18.7. The number of thioether (sulfide) groups is 1. The van der Waals surface area contributed by atoms with Gasteiger partial charge in [0.05, 0.1) is 29.2 Å². The number of hydrogen-bond acceptors (Lipinski definition) is 6. The SMILES string of the molecule is C=CCOC(=O)[C@H]1[C@H]2C(=O)N([C@@H](CO)Cc3ccccc3)C(C(=O)N(CC=C)C(C)CCC)C23CC(Br)[C@@H]1S3. The summed E-state index contributed by atoms with van der Waals surface area (Å²) in [5.41, 5.74) is 0.963. The summed E-state index contributed by atoms with van der Waals surface area (Å²) in [5, 5.41) is 10.4. The van der Waals surface area contributed by atoms with Crippen LogP contribution in [0.3, 0.4) is 0 Å². The number of fused-ring (bicyclic) bond motifs is 1. The van der Waals surface area contributed by atoms with Crippen LogP contribution < -0.4 is 0 Å². The number of nitrogens with zero attached hydrogens (tertiary/aromatic N) is 2. The molecule has 3 saturated heterocycles. The molecule has 4 unspecified atom stereocenters. The maximum atomic E-state index is 14.6. The smallest absolute Gasteiger partial charge is 0.311 e. The zero-order chi connectivity index (χ0) is 28.3. The van der Waals surface area contributed by atoms with Gasteiger partial charge in [-0.1, -0.05) is 78.3 Å². The Bertz CT molecular complexity index is 1090. The van der Waals surface area contributed by atoms with E-state index < -0.39 is 34.6 Å². The number of carbonyl (C=O) groups is 3. The fourth-order valence-corrected chi connectivity index (χ4v) is 10.3. The summed E-state index contributed by atoms with van der Waals surface area (Å²) >= 11 is 5.36. The molecule has 1 aromatic rings. The van der Waals surface area contributed by atoms with Gasteiger partial charge in [-0.15, -0.1) is 18.3 Å². The van der Waals surface area contributed by atoms with E-state index in [0.29, 0.717) is 19.4 Å². The van der Waals surface area contributed by atoms with Crippen molar-refractivity contribution in [3.05, 3.63) is 61.2 Å². The van der Waals surface area contributed by atoms with Gasteiger partial charge < -0.3 is 19.6 Å². The van der Waals surface area contributed by atoms with Gasteiger partial charge in [0.2, 0.25) is 11.8 Å². The molecule has 1 aromatic carbocycles. The average molecular weight is 620 g/mol. The van der Waals surface area contributed by atoms with Crippen LogP contribution in [-0.4, -0.2) is 85.4 Å². The Morgan fingerprint density at radius 2 is 2.03 bits per heavy atom. The topological polar surface area (TPSA) is 87.1 Å². The third kappa shape index (κ3) is 5.34. The maximum absolute atomic E-state index is 14.6. The lowest BCUT2D eigenvalue weighted by Gasteiger charge is -2.41. The first-order valence-corrected chi connectivity index (χ1v) is 15.5. The van der Waals surface area contributed by atoms with Gasteiger partial charge in [0.15, 0.2) is 0 Å². The molecule has 1 N–H and O–H groups in total. The van der Waals surface area contributed by atoms with Crippen molar-refractivity contribution < 1.29 is 24.2 Å². The van der Waals surface area contributed by atoms with E-state index in [2.05, 4.69) is 36.0 Å². The fraction of sp³-hybridized carbons (Fsp3) is 0.567. The number of aliphatic hydroxyl groups is 1. The van der Waals surface area contributed by atoms with Crippen LogP contribution in [0, 0.1) is 11.8 Å². The van der Waals surface area contributed by atoms with Gasteiger partial charge in [-0.25, -0.2) is 0 Å². The number of esters is 1. The Balaban J connectivity index is 1.81. The largest absolute Gasteiger partial charge is 0.461 e. The molecule has 0 radical (unpaired) electrons. The molecule has 3 aliphatic rings. The molecule has 2 bridgehead atoms. The molecule has 4 rings (SSSR count). The second-order valence-electron chi connectivity index (χ2n) is 10.8. The van der Waals surface area contributed by atoms with E-state index in [9.17, 15) is 19.5 Å². The highest BCUT2D eigenvalue weighted by Crippen LogP contribution is 2.68. The minimum Gasteiger partial charge on any atom is -0.461 e. The average Bonchev–Trinajstić information content (AvgIpc) is 3.52. The number of carbonyl (C=O) groups excluding carboxylic acids is 3. The van der Waals surface area contributed by atoms with Crippen molar-refractivity contribution in [3.63, 3.8) is 0 Å². The molecule has 0 saturated carbocycles. The van der Waals surface area contributed by atoms with Crippen LogP contribution in [-0.2, 0) is 25.5 Å². The van der Waals surface area contributed by atoms with E-state index >= 15 is 0 Å². The summed E-state index contributed by atoms with van der Waals surface area (Å²) in [6, 6.07) is 8.19. The molecule has 8 atom stereocenters. The summed E-state index contributed by atoms with van der Waals surface area (Å²) in [4.78, 5) is 45.7. The standard InChI is InChI=1S/C30H39BrN2O5S/c1-5-11-19(4)32(14-6-2)28(36)26-30-17-22(31)25(39-30)23(29(37)38-15-7-3)24(30)27(35)33(26)21(18-34)16-20-12-9-8-10-13-20/h6-10,12-13,19,21-26,34H,2-3,5,11,14-18H2,1,4H3/t19?,21-,22?,23+,24+,25+,26?,30?/m1/s1.